The summed E-state index contributed by atoms with van der Waals surface area (Å²) in [5.41, 5.74) is 0. The molecule has 8 atom stereocenters. The second kappa shape index (κ2) is 10.4. The normalized spacial score (nSPS) is 52.1. The van der Waals surface area contributed by atoms with Crippen LogP contribution in [0, 0.1) is 23.7 Å². The van der Waals surface area contributed by atoms with E-state index >= 15 is 0 Å². The molecule has 3 saturated carbocycles. The predicted octanol–water partition coefficient (Wildman–Crippen LogP) is -2.20. The van der Waals surface area contributed by atoms with Crippen LogP contribution < -0.4 is 0 Å². The van der Waals surface area contributed by atoms with Crippen LogP contribution in [0.15, 0.2) is 24.3 Å². The van der Waals surface area contributed by atoms with Crippen LogP contribution in [0.1, 0.15) is 32.1 Å². The highest BCUT2D eigenvalue weighted by Gasteiger charge is 2.41. The first-order valence-electron chi connectivity index (χ1n) is 11.1. The molecule has 3 aliphatic rings. The van der Waals surface area contributed by atoms with Gasteiger partial charge in [-0.1, -0.05) is 24.3 Å². The SMILES string of the molecule is OC1CC(/C=C/C2CC(/C=C/C3CC(O)C(O)C(O)C3)C(O)C(O)C2O)CC(O)C1O. The Balaban J connectivity index is 1.64. The Morgan fingerprint density at radius 1 is 0.355 bits per heavy atom. The van der Waals surface area contributed by atoms with Gasteiger partial charge in [-0.3, -0.25) is 0 Å². The van der Waals surface area contributed by atoms with Crippen molar-refractivity contribution in [3.05, 3.63) is 24.3 Å². The Morgan fingerprint density at radius 2 is 0.677 bits per heavy atom. The molecule has 0 aromatic carbocycles. The van der Waals surface area contributed by atoms with Gasteiger partial charge in [0.2, 0.25) is 0 Å². The van der Waals surface area contributed by atoms with Crippen LogP contribution in [0.5, 0.6) is 0 Å². The molecule has 9 N–H and O–H groups in total. The first-order valence-corrected chi connectivity index (χ1v) is 11.1. The highest BCUT2D eigenvalue weighted by atomic mass is 16.4. The van der Waals surface area contributed by atoms with Crippen molar-refractivity contribution in [1.29, 1.82) is 0 Å². The number of aliphatic hydroxyl groups is 9. The molecule has 0 aromatic rings. The van der Waals surface area contributed by atoms with Crippen LogP contribution >= 0.6 is 0 Å². The molecule has 0 bridgehead atoms. The zero-order chi connectivity index (χ0) is 22.9. The summed E-state index contributed by atoms with van der Waals surface area (Å²) >= 11 is 0. The molecule has 0 radical (unpaired) electrons. The second-order valence-electron chi connectivity index (χ2n) is 9.52. The number of rotatable bonds is 4. The molecule has 0 aromatic heterocycles. The lowest BCUT2D eigenvalue weighted by atomic mass is 9.74. The Kier molecular flexibility index (Phi) is 8.28. The van der Waals surface area contributed by atoms with Crippen molar-refractivity contribution < 1.29 is 46.0 Å². The molecular weight excluding hydrogens is 408 g/mol. The summed E-state index contributed by atoms with van der Waals surface area (Å²) in [6, 6.07) is 0. The maximum atomic E-state index is 10.4. The monoisotopic (exact) mass is 444 g/mol. The van der Waals surface area contributed by atoms with Gasteiger partial charge in [-0.15, -0.1) is 0 Å². The molecule has 0 spiro atoms. The van der Waals surface area contributed by atoms with E-state index in [0.29, 0.717) is 6.42 Å². The highest BCUT2D eigenvalue weighted by molar-refractivity contribution is 5.09. The van der Waals surface area contributed by atoms with E-state index in [1.54, 1.807) is 24.3 Å². The summed E-state index contributed by atoms with van der Waals surface area (Å²) in [5, 5.41) is 89.8. The molecule has 178 valence electrons. The van der Waals surface area contributed by atoms with E-state index < -0.39 is 66.8 Å². The molecule has 0 saturated heterocycles. The number of hydrogen-bond acceptors (Lipinski definition) is 9. The average Bonchev–Trinajstić information content (AvgIpc) is 2.72. The first-order chi connectivity index (χ1) is 14.6. The van der Waals surface area contributed by atoms with Gasteiger partial charge in [0.1, 0.15) is 18.3 Å². The largest absolute Gasteiger partial charge is 0.390 e. The minimum Gasteiger partial charge on any atom is -0.390 e. The summed E-state index contributed by atoms with van der Waals surface area (Å²) < 4.78 is 0. The molecule has 3 rings (SSSR count). The van der Waals surface area contributed by atoms with Gasteiger partial charge < -0.3 is 46.0 Å². The van der Waals surface area contributed by atoms with Crippen LogP contribution in [0.2, 0.25) is 0 Å². The van der Waals surface area contributed by atoms with Crippen molar-refractivity contribution in [2.24, 2.45) is 23.7 Å². The van der Waals surface area contributed by atoms with Gasteiger partial charge in [0, 0.05) is 11.8 Å². The predicted molar refractivity (Wildman–Crippen MR) is 109 cm³/mol. The van der Waals surface area contributed by atoms with Crippen molar-refractivity contribution in [3.8, 4) is 0 Å². The fraction of sp³-hybridized carbons (Fsp3) is 0.818. The second-order valence-corrected chi connectivity index (χ2v) is 9.52. The van der Waals surface area contributed by atoms with E-state index in [0.717, 1.165) is 0 Å². The van der Waals surface area contributed by atoms with Crippen molar-refractivity contribution in [2.75, 3.05) is 0 Å². The van der Waals surface area contributed by atoms with Gasteiger partial charge in [-0.05, 0) is 43.9 Å². The van der Waals surface area contributed by atoms with Gasteiger partial charge in [-0.2, -0.15) is 0 Å². The fourth-order valence-electron chi connectivity index (χ4n) is 5.10. The molecule has 9 heteroatoms. The van der Waals surface area contributed by atoms with Crippen molar-refractivity contribution in [1.82, 2.24) is 0 Å². The zero-order valence-corrected chi connectivity index (χ0v) is 17.4. The highest BCUT2D eigenvalue weighted by Crippen LogP contribution is 2.35. The lowest BCUT2D eigenvalue weighted by Gasteiger charge is -2.39. The first kappa shape index (κ1) is 24.8. The lowest BCUT2D eigenvalue weighted by molar-refractivity contribution is -0.117. The zero-order valence-electron chi connectivity index (χ0n) is 17.4. The van der Waals surface area contributed by atoms with Crippen molar-refractivity contribution in [3.63, 3.8) is 0 Å². The molecule has 3 aliphatic carbocycles. The maximum Gasteiger partial charge on any atom is 0.107 e. The van der Waals surface area contributed by atoms with Crippen molar-refractivity contribution >= 4 is 0 Å². The quantitative estimate of drug-likeness (QED) is 0.217. The van der Waals surface area contributed by atoms with Crippen LogP contribution in [0.3, 0.4) is 0 Å². The standard InChI is InChI=1S/C22H36O9/c23-14-5-10(6-15(24)20(14)29)1-3-12-9-13(19(28)22(31)18(12)27)4-2-11-7-16(25)21(30)17(26)8-11/h1-4,10-31H,5-9H2/b3-1+,4-2+. The Bertz CT molecular complexity index is 564. The lowest BCUT2D eigenvalue weighted by Crippen LogP contribution is -2.50. The van der Waals surface area contributed by atoms with E-state index in [9.17, 15) is 46.0 Å². The fourth-order valence-corrected chi connectivity index (χ4v) is 5.10. The smallest absolute Gasteiger partial charge is 0.107 e. The molecule has 31 heavy (non-hydrogen) atoms. The van der Waals surface area contributed by atoms with Crippen LogP contribution in [0.25, 0.3) is 0 Å². The van der Waals surface area contributed by atoms with E-state index in [1.165, 1.54) is 0 Å². The van der Waals surface area contributed by atoms with Crippen LogP contribution in [-0.4, -0.2) is 101 Å². The van der Waals surface area contributed by atoms with E-state index in [4.69, 9.17) is 0 Å². The summed E-state index contributed by atoms with van der Waals surface area (Å²) in [4.78, 5) is 0. The van der Waals surface area contributed by atoms with Crippen LogP contribution in [-0.2, 0) is 0 Å². The maximum absolute atomic E-state index is 10.4. The minimum absolute atomic E-state index is 0.185. The average molecular weight is 445 g/mol. The summed E-state index contributed by atoms with van der Waals surface area (Å²) in [7, 11) is 0. The summed E-state index contributed by atoms with van der Waals surface area (Å²) in [6.45, 7) is 0. The van der Waals surface area contributed by atoms with Crippen LogP contribution in [0.4, 0.5) is 0 Å². The summed E-state index contributed by atoms with van der Waals surface area (Å²) in [6.07, 6.45) is -1.68. The Labute approximate surface area is 181 Å². The number of aliphatic hydroxyl groups excluding tert-OH is 9. The third kappa shape index (κ3) is 5.73. The molecule has 8 unspecified atom stereocenters. The van der Waals surface area contributed by atoms with Gasteiger partial charge in [0.05, 0.1) is 36.6 Å². The Hall–Kier alpha value is -0.880. The molecular formula is C22H36O9. The molecule has 0 aliphatic heterocycles. The Morgan fingerprint density at radius 3 is 1.00 bits per heavy atom. The summed E-state index contributed by atoms with van der Waals surface area (Å²) in [5.74, 6) is -1.29. The molecule has 3 fully saturated rings. The van der Waals surface area contributed by atoms with E-state index in [2.05, 4.69) is 0 Å². The number of hydrogen-bond donors (Lipinski definition) is 9. The molecule has 9 nitrogen and oxygen atoms in total. The van der Waals surface area contributed by atoms with Gasteiger partial charge in [0.25, 0.3) is 0 Å². The molecule has 0 heterocycles. The van der Waals surface area contributed by atoms with E-state index in [-0.39, 0.29) is 37.5 Å². The van der Waals surface area contributed by atoms with Crippen molar-refractivity contribution in [2.45, 2.75) is 87.0 Å². The number of allylic oxidation sites excluding steroid dienone is 2. The van der Waals surface area contributed by atoms with Gasteiger partial charge in [-0.25, -0.2) is 0 Å². The van der Waals surface area contributed by atoms with E-state index in [1.807, 2.05) is 0 Å². The third-order valence-electron chi connectivity index (χ3n) is 7.14. The van der Waals surface area contributed by atoms with Gasteiger partial charge >= 0.3 is 0 Å². The molecule has 0 amide bonds. The third-order valence-corrected chi connectivity index (χ3v) is 7.14. The minimum atomic E-state index is -1.35. The van der Waals surface area contributed by atoms with Gasteiger partial charge in [0.15, 0.2) is 0 Å². The topological polar surface area (TPSA) is 182 Å².